The predicted octanol–water partition coefficient (Wildman–Crippen LogP) is 2.33. The van der Waals surface area contributed by atoms with Gasteiger partial charge in [-0.25, -0.2) is 9.97 Å². The van der Waals surface area contributed by atoms with Gasteiger partial charge < -0.3 is 10.6 Å². The Kier molecular flexibility index (Phi) is 6.81. The molecule has 0 radical (unpaired) electrons. The van der Waals surface area contributed by atoms with Gasteiger partial charge in [-0.05, 0) is 30.5 Å². The van der Waals surface area contributed by atoms with Gasteiger partial charge in [-0.15, -0.1) is 24.8 Å². The van der Waals surface area contributed by atoms with Crippen molar-refractivity contribution >= 4 is 42.4 Å². The molecule has 1 unspecified atom stereocenters. The van der Waals surface area contributed by atoms with Crippen LogP contribution in [0.25, 0.3) is 0 Å². The highest BCUT2D eigenvalue weighted by molar-refractivity contribution is 5.90. The molecule has 2 N–H and O–H groups in total. The lowest BCUT2D eigenvalue weighted by Gasteiger charge is -2.35. The molecule has 0 saturated carbocycles. The van der Waals surface area contributed by atoms with Gasteiger partial charge in [-0.3, -0.25) is 9.69 Å². The Morgan fingerprint density at radius 1 is 1.12 bits per heavy atom. The highest BCUT2D eigenvalue weighted by Gasteiger charge is 2.39. The maximum atomic E-state index is 13.2. The van der Waals surface area contributed by atoms with Crippen LogP contribution in [0.15, 0.2) is 42.7 Å². The largest absolute Gasteiger partial charge is 0.339 e. The average molecular weight is 396 g/mol. The highest BCUT2D eigenvalue weighted by atomic mass is 35.5. The number of aromatic nitrogens is 2. The van der Waals surface area contributed by atoms with Crippen LogP contribution in [0.3, 0.4) is 0 Å². The second-order valence-corrected chi connectivity index (χ2v) is 6.45. The zero-order valence-electron chi connectivity index (χ0n) is 14.3. The first kappa shape index (κ1) is 20.4. The number of amides is 1. The van der Waals surface area contributed by atoms with Crippen LogP contribution in [0.5, 0.6) is 0 Å². The number of nitrogens with zero attached hydrogens (tertiary/aromatic N) is 4. The first-order valence-electron chi connectivity index (χ1n) is 8.42. The summed E-state index contributed by atoms with van der Waals surface area (Å²) in [5, 5.41) is 0. The first-order valence-corrected chi connectivity index (χ1v) is 8.42. The van der Waals surface area contributed by atoms with Crippen LogP contribution in [0.1, 0.15) is 18.4 Å². The fourth-order valence-electron chi connectivity index (χ4n) is 3.67. The summed E-state index contributed by atoms with van der Waals surface area (Å²) >= 11 is 0. The zero-order valence-corrected chi connectivity index (χ0v) is 16.0. The van der Waals surface area contributed by atoms with E-state index in [0.717, 1.165) is 30.6 Å². The van der Waals surface area contributed by atoms with Gasteiger partial charge in [-0.2, -0.15) is 0 Å². The summed E-state index contributed by atoms with van der Waals surface area (Å²) in [6.45, 7) is 1.41. The molecule has 2 aromatic rings. The molecule has 0 aliphatic carbocycles. The van der Waals surface area contributed by atoms with Crippen LogP contribution in [0.4, 0.5) is 11.6 Å². The van der Waals surface area contributed by atoms with Gasteiger partial charge in [0.15, 0.2) is 0 Å². The molecular weight excluding hydrogens is 373 g/mol. The van der Waals surface area contributed by atoms with Gasteiger partial charge in [0, 0.05) is 43.6 Å². The number of nitrogens with two attached hydrogens (primary N) is 1. The van der Waals surface area contributed by atoms with Crippen molar-refractivity contribution in [2.75, 3.05) is 18.0 Å². The SMILES string of the molecule is Cl.Cl.N[C@H]1CCCN(C(=O)C2Cc3ccccc3N2c2ncccn2)C1. The van der Waals surface area contributed by atoms with Gasteiger partial charge in [0.1, 0.15) is 6.04 Å². The van der Waals surface area contributed by atoms with E-state index in [-0.39, 0.29) is 42.8 Å². The van der Waals surface area contributed by atoms with Crippen molar-refractivity contribution in [3.05, 3.63) is 48.3 Å². The minimum atomic E-state index is -0.296. The molecular formula is C18H23Cl2N5O. The fourth-order valence-corrected chi connectivity index (χ4v) is 3.67. The lowest BCUT2D eigenvalue weighted by molar-refractivity contribution is -0.133. The molecule has 1 aromatic carbocycles. The predicted molar refractivity (Wildman–Crippen MR) is 106 cm³/mol. The third-order valence-corrected chi connectivity index (χ3v) is 4.80. The number of anilines is 2. The Hall–Kier alpha value is -1.89. The van der Waals surface area contributed by atoms with E-state index < -0.39 is 0 Å². The maximum Gasteiger partial charge on any atom is 0.246 e. The molecule has 1 aromatic heterocycles. The third kappa shape index (κ3) is 3.77. The molecule has 2 atom stereocenters. The molecule has 3 heterocycles. The number of hydrogen-bond acceptors (Lipinski definition) is 5. The first-order chi connectivity index (χ1) is 11.7. The fraction of sp³-hybridized carbons (Fsp3) is 0.389. The maximum absolute atomic E-state index is 13.2. The molecule has 8 heteroatoms. The summed E-state index contributed by atoms with van der Waals surface area (Å²) in [6.07, 6.45) is 6.05. The van der Waals surface area contributed by atoms with Crippen molar-refractivity contribution in [1.29, 1.82) is 0 Å². The normalized spacial score (nSPS) is 21.4. The number of fused-ring (bicyclic) bond motifs is 1. The molecule has 1 fully saturated rings. The summed E-state index contributed by atoms with van der Waals surface area (Å²) in [5.74, 6) is 0.691. The van der Waals surface area contributed by atoms with Crippen molar-refractivity contribution in [2.45, 2.75) is 31.3 Å². The van der Waals surface area contributed by atoms with Gasteiger partial charge in [0.25, 0.3) is 0 Å². The van der Waals surface area contributed by atoms with Crippen molar-refractivity contribution in [1.82, 2.24) is 14.9 Å². The Bertz CT molecular complexity index is 745. The minimum Gasteiger partial charge on any atom is -0.339 e. The van der Waals surface area contributed by atoms with E-state index in [1.807, 2.05) is 28.0 Å². The lowest BCUT2D eigenvalue weighted by Crippen LogP contribution is -2.52. The number of hydrogen-bond donors (Lipinski definition) is 1. The van der Waals surface area contributed by atoms with E-state index in [0.29, 0.717) is 18.9 Å². The molecule has 0 bridgehead atoms. The van der Waals surface area contributed by atoms with Crippen LogP contribution < -0.4 is 10.6 Å². The Morgan fingerprint density at radius 3 is 2.58 bits per heavy atom. The standard InChI is InChI=1S/C18H21N5O.2ClH/c19-14-6-3-10-22(12-14)17(24)16-11-13-5-1-2-7-15(13)23(16)18-20-8-4-9-21-18;;/h1-2,4-5,7-9,14,16H,3,6,10-12,19H2;2*1H/t14-,16?;;/m0../s1. The summed E-state index contributed by atoms with van der Waals surface area (Å²) in [4.78, 5) is 25.8. The summed E-state index contributed by atoms with van der Waals surface area (Å²) in [5.41, 5.74) is 8.23. The van der Waals surface area contributed by atoms with Crippen LogP contribution >= 0.6 is 24.8 Å². The Morgan fingerprint density at radius 2 is 1.85 bits per heavy atom. The van der Waals surface area contributed by atoms with Crippen molar-refractivity contribution in [3.8, 4) is 0 Å². The van der Waals surface area contributed by atoms with E-state index in [4.69, 9.17) is 5.73 Å². The van der Waals surface area contributed by atoms with Crippen molar-refractivity contribution in [2.24, 2.45) is 5.73 Å². The minimum absolute atomic E-state index is 0. The number of carbonyl (C=O) groups excluding carboxylic acids is 1. The number of benzene rings is 1. The summed E-state index contributed by atoms with van der Waals surface area (Å²) < 4.78 is 0. The quantitative estimate of drug-likeness (QED) is 0.844. The van der Waals surface area contributed by atoms with Crippen molar-refractivity contribution < 1.29 is 4.79 Å². The number of rotatable bonds is 2. The molecule has 2 aliphatic rings. The van der Waals surface area contributed by atoms with E-state index in [1.54, 1.807) is 18.5 Å². The lowest BCUT2D eigenvalue weighted by atomic mass is 10.0. The van der Waals surface area contributed by atoms with Gasteiger partial charge in [0.2, 0.25) is 11.9 Å². The molecule has 140 valence electrons. The van der Waals surface area contributed by atoms with Crippen LogP contribution in [0.2, 0.25) is 0 Å². The number of halogens is 2. The summed E-state index contributed by atoms with van der Waals surface area (Å²) in [6, 6.07) is 9.65. The van der Waals surface area contributed by atoms with Crippen LogP contribution in [0, 0.1) is 0 Å². The Balaban J connectivity index is 0.00000121. The van der Waals surface area contributed by atoms with Gasteiger partial charge >= 0.3 is 0 Å². The van der Waals surface area contributed by atoms with Gasteiger partial charge in [0.05, 0.1) is 0 Å². The zero-order chi connectivity index (χ0) is 16.5. The highest BCUT2D eigenvalue weighted by Crippen LogP contribution is 2.37. The monoisotopic (exact) mass is 395 g/mol. The summed E-state index contributed by atoms with van der Waals surface area (Å²) in [7, 11) is 0. The van der Waals surface area contributed by atoms with E-state index in [2.05, 4.69) is 16.0 Å². The third-order valence-electron chi connectivity index (χ3n) is 4.80. The topological polar surface area (TPSA) is 75.3 Å². The van der Waals surface area contributed by atoms with Crippen LogP contribution in [-0.4, -0.2) is 45.9 Å². The number of piperidine rings is 1. The van der Waals surface area contributed by atoms with E-state index >= 15 is 0 Å². The Labute approximate surface area is 165 Å². The molecule has 2 aliphatic heterocycles. The molecule has 1 amide bonds. The second kappa shape index (κ2) is 8.66. The van der Waals surface area contributed by atoms with E-state index in [1.165, 1.54) is 0 Å². The van der Waals surface area contributed by atoms with Gasteiger partial charge in [-0.1, -0.05) is 18.2 Å². The van der Waals surface area contributed by atoms with Crippen LogP contribution in [-0.2, 0) is 11.2 Å². The smallest absolute Gasteiger partial charge is 0.246 e. The molecule has 1 saturated heterocycles. The van der Waals surface area contributed by atoms with Crippen molar-refractivity contribution in [3.63, 3.8) is 0 Å². The second-order valence-electron chi connectivity index (χ2n) is 6.45. The average Bonchev–Trinajstić information content (AvgIpc) is 3.01. The number of likely N-dealkylation sites (tertiary alicyclic amines) is 1. The van der Waals surface area contributed by atoms with E-state index in [9.17, 15) is 4.79 Å². The molecule has 26 heavy (non-hydrogen) atoms. The molecule has 4 rings (SSSR count). The number of carbonyl (C=O) groups is 1. The number of para-hydroxylation sites is 1. The molecule has 0 spiro atoms. The molecule has 6 nitrogen and oxygen atoms in total.